The summed E-state index contributed by atoms with van der Waals surface area (Å²) in [4.78, 5) is 11.1. The van der Waals surface area contributed by atoms with Gasteiger partial charge in [0.15, 0.2) is 0 Å². The molecule has 0 spiro atoms. The van der Waals surface area contributed by atoms with Crippen molar-refractivity contribution in [2.45, 2.75) is 13.8 Å². The van der Waals surface area contributed by atoms with Gasteiger partial charge in [-0.05, 0) is 26.0 Å². The van der Waals surface area contributed by atoms with Gasteiger partial charge >= 0.3 is 5.97 Å². The number of anilines is 1. The summed E-state index contributed by atoms with van der Waals surface area (Å²) in [5, 5.41) is 0. The predicted molar refractivity (Wildman–Crippen MR) is 63.6 cm³/mol. The highest BCUT2D eigenvalue weighted by molar-refractivity contribution is 5.82. The van der Waals surface area contributed by atoms with Crippen molar-refractivity contribution in [1.82, 2.24) is 5.43 Å². The van der Waals surface area contributed by atoms with Gasteiger partial charge in [-0.2, -0.15) is 0 Å². The smallest absolute Gasteiger partial charge is 0.332 e. The Morgan fingerprint density at radius 1 is 1.38 bits per heavy atom. The molecule has 0 amide bonds. The van der Waals surface area contributed by atoms with Crippen molar-refractivity contribution in [2.75, 3.05) is 12.0 Å². The van der Waals surface area contributed by atoms with E-state index in [0.29, 0.717) is 12.3 Å². The molecule has 0 aliphatic rings. The lowest BCUT2D eigenvalue weighted by molar-refractivity contribution is -0.137. The Morgan fingerprint density at radius 2 is 2.06 bits per heavy atom. The molecule has 0 radical (unpaired) electrons. The van der Waals surface area contributed by atoms with Crippen LogP contribution in [0, 0.1) is 0 Å². The molecule has 0 saturated heterocycles. The van der Waals surface area contributed by atoms with E-state index in [-0.39, 0.29) is 5.97 Å². The number of carbonyl (C=O) groups excluding carboxylic acids is 1. The Hall–Kier alpha value is -1.97. The zero-order chi connectivity index (χ0) is 11.8. The van der Waals surface area contributed by atoms with E-state index in [1.165, 1.54) is 6.08 Å². The summed E-state index contributed by atoms with van der Waals surface area (Å²) in [5.41, 5.74) is 7.49. The second-order valence-electron chi connectivity index (χ2n) is 3.20. The molecule has 0 fully saturated rings. The van der Waals surface area contributed by atoms with Crippen LogP contribution >= 0.6 is 0 Å². The van der Waals surface area contributed by atoms with Crippen molar-refractivity contribution >= 4 is 11.7 Å². The van der Waals surface area contributed by atoms with Gasteiger partial charge in [0.1, 0.15) is 0 Å². The molecule has 4 nitrogen and oxygen atoms in total. The molecule has 2 N–H and O–H groups in total. The molecule has 0 heterocycles. The second-order valence-corrected chi connectivity index (χ2v) is 3.20. The van der Waals surface area contributed by atoms with E-state index in [4.69, 9.17) is 4.74 Å². The SMILES string of the molecule is CCOC(=O)C=C(C)NNc1ccccc1. The molecule has 0 atom stereocenters. The van der Waals surface area contributed by atoms with Crippen LogP contribution in [0.3, 0.4) is 0 Å². The molecule has 1 rings (SSSR count). The van der Waals surface area contributed by atoms with E-state index in [2.05, 4.69) is 10.9 Å². The molecule has 16 heavy (non-hydrogen) atoms. The Morgan fingerprint density at radius 3 is 2.69 bits per heavy atom. The molecule has 1 aromatic rings. The quantitative estimate of drug-likeness (QED) is 0.453. The predicted octanol–water partition coefficient (Wildman–Crippen LogP) is 2.07. The van der Waals surface area contributed by atoms with E-state index in [1.807, 2.05) is 30.3 Å². The number of rotatable bonds is 5. The molecule has 0 aromatic heterocycles. The van der Waals surface area contributed by atoms with Gasteiger partial charge in [0.2, 0.25) is 0 Å². The Kier molecular flexibility index (Phi) is 4.92. The maximum absolute atomic E-state index is 11.1. The Balaban J connectivity index is 2.40. The number of hydrogen-bond acceptors (Lipinski definition) is 4. The standard InChI is InChI=1S/C12H16N2O2/c1-3-16-12(15)9-10(2)13-14-11-7-5-4-6-8-11/h4-9,13-14H,3H2,1-2H3. The van der Waals surface area contributed by atoms with Crippen LogP contribution in [0.25, 0.3) is 0 Å². The highest BCUT2D eigenvalue weighted by Crippen LogP contribution is 2.03. The minimum atomic E-state index is -0.345. The van der Waals surface area contributed by atoms with Crippen molar-refractivity contribution < 1.29 is 9.53 Å². The molecule has 0 unspecified atom stereocenters. The summed E-state index contributed by atoms with van der Waals surface area (Å²) >= 11 is 0. The first-order valence-electron chi connectivity index (χ1n) is 5.14. The van der Waals surface area contributed by atoms with Crippen LogP contribution in [0.15, 0.2) is 42.1 Å². The molecular formula is C12H16N2O2. The fraction of sp³-hybridized carbons (Fsp3) is 0.250. The number of ether oxygens (including phenoxy) is 1. The van der Waals surface area contributed by atoms with E-state index in [0.717, 1.165) is 5.69 Å². The van der Waals surface area contributed by atoms with E-state index < -0.39 is 0 Å². The fourth-order valence-corrected chi connectivity index (χ4v) is 1.09. The number of allylic oxidation sites excluding steroid dienone is 1. The Bertz CT molecular complexity index is 361. The fourth-order valence-electron chi connectivity index (χ4n) is 1.09. The largest absolute Gasteiger partial charge is 0.463 e. The van der Waals surface area contributed by atoms with Gasteiger partial charge in [0.25, 0.3) is 0 Å². The summed E-state index contributed by atoms with van der Waals surface area (Å²) in [6.07, 6.45) is 1.40. The summed E-state index contributed by atoms with van der Waals surface area (Å²) < 4.78 is 4.78. The first-order valence-corrected chi connectivity index (χ1v) is 5.14. The number of para-hydroxylation sites is 1. The molecule has 0 bridgehead atoms. The van der Waals surface area contributed by atoms with E-state index in [1.54, 1.807) is 13.8 Å². The average molecular weight is 220 g/mol. The lowest BCUT2D eigenvalue weighted by atomic mass is 10.3. The molecule has 4 heteroatoms. The lowest BCUT2D eigenvalue weighted by Gasteiger charge is -2.09. The third kappa shape index (κ3) is 4.50. The van der Waals surface area contributed by atoms with E-state index >= 15 is 0 Å². The van der Waals surface area contributed by atoms with Crippen molar-refractivity contribution in [3.05, 3.63) is 42.1 Å². The normalized spacial score (nSPS) is 10.8. The minimum absolute atomic E-state index is 0.345. The van der Waals surface area contributed by atoms with Crippen LogP contribution in [0.2, 0.25) is 0 Å². The zero-order valence-electron chi connectivity index (χ0n) is 9.49. The van der Waals surface area contributed by atoms with Crippen molar-refractivity contribution in [2.24, 2.45) is 0 Å². The van der Waals surface area contributed by atoms with Crippen LogP contribution in [0.4, 0.5) is 5.69 Å². The third-order valence-corrected chi connectivity index (χ3v) is 1.80. The number of carbonyl (C=O) groups is 1. The van der Waals surface area contributed by atoms with Crippen LogP contribution in [0.5, 0.6) is 0 Å². The van der Waals surface area contributed by atoms with Gasteiger partial charge in [0.05, 0.1) is 12.3 Å². The van der Waals surface area contributed by atoms with Crippen molar-refractivity contribution in [3.63, 3.8) is 0 Å². The number of hydrogen-bond donors (Lipinski definition) is 2. The average Bonchev–Trinajstić information content (AvgIpc) is 2.28. The lowest BCUT2D eigenvalue weighted by Crippen LogP contribution is -2.20. The molecule has 0 aliphatic carbocycles. The van der Waals surface area contributed by atoms with Crippen molar-refractivity contribution in [1.29, 1.82) is 0 Å². The highest BCUT2D eigenvalue weighted by Gasteiger charge is 1.97. The van der Waals surface area contributed by atoms with Gasteiger partial charge in [-0.15, -0.1) is 0 Å². The van der Waals surface area contributed by atoms with Gasteiger partial charge in [-0.25, -0.2) is 4.79 Å². The molecular weight excluding hydrogens is 204 g/mol. The summed E-state index contributed by atoms with van der Waals surface area (Å²) in [5.74, 6) is -0.345. The van der Waals surface area contributed by atoms with Crippen LogP contribution in [-0.4, -0.2) is 12.6 Å². The zero-order valence-corrected chi connectivity index (χ0v) is 9.49. The van der Waals surface area contributed by atoms with Crippen LogP contribution in [0.1, 0.15) is 13.8 Å². The van der Waals surface area contributed by atoms with Crippen LogP contribution in [-0.2, 0) is 9.53 Å². The maximum Gasteiger partial charge on any atom is 0.332 e. The Labute approximate surface area is 95.3 Å². The first-order chi connectivity index (χ1) is 7.72. The molecule has 1 aromatic carbocycles. The van der Waals surface area contributed by atoms with Gasteiger partial charge in [-0.1, -0.05) is 18.2 Å². The molecule has 0 aliphatic heterocycles. The van der Waals surface area contributed by atoms with E-state index in [9.17, 15) is 4.79 Å². The number of esters is 1. The number of benzene rings is 1. The number of hydrazine groups is 1. The maximum atomic E-state index is 11.1. The summed E-state index contributed by atoms with van der Waals surface area (Å²) in [6, 6.07) is 9.63. The summed E-state index contributed by atoms with van der Waals surface area (Å²) in [7, 11) is 0. The van der Waals surface area contributed by atoms with Gasteiger partial charge in [-0.3, -0.25) is 0 Å². The second kappa shape index (κ2) is 6.50. The third-order valence-electron chi connectivity index (χ3n) is 1.80. The molecule has 0 saturated carbocycles. The van der Waals surface area contributed by atoms with Crippen LogP contribution < -0.4 is 10.9 Å². The summed E-state index contributed by atoms with van der Waals surface area (Å²) in [6.45, 7) is 3.94. The minimum Gasteiger partial charge on any atom is -0.463 e. The topological polar surface area (TPSA) is 50.4 Å². The van der Waals surface area contributed by atoms with Gasteiger partial charge in [0, 0.05) is 11.8 Å². The first kappa shape index (κ1) is 12.1. The highest BCUT2D eigenvalue weighted by atomic mass is 16.5. The number of nitrogens with one attached hydrogen (secondary N) is 2. The van der Waals surface area contributed by atoms with Gasteiger partial charge < -0.3 is 15.6 Å². The molecule has 86 valence electrons. The monoisotopic (exact) mass is 220 g/mol. The van der Waals surface area contributed by atoms with Crippen molar-refractivity contribution in [3.8, 4) is 0 Å².